The van der Waals surface area contributed by atoms with Crippen LogP contribution in [0.2, 0.25) is 0 Å². The summed E-state index contributed by atoms with van der Waals surface area (Å²) in [6.45, 7) is 17.4. The molecular weight excluding hydrogens is 1020 g/mol. The van der Waals surface area contributed by atoms with Gasteiger partial charge in [-0.05, 0) is 123 Å². The number of carbonyl (C=O) groups excluding carboxylic acids is 4. The lowest BCUT2D eigenvalue weighted by Gasteiger charge is -2.37. The van der Waals surface area contributed by atoms with Crippen LogP contribution in [0.5, 0.6) is 0 Å². The molecule has 2 aliphatic carbocycles. The van der Waals surface area contributed by atoms with E-state index in [0.29, 0.717) is 84.9 Å². The highest BCUT2D eigenvalue weighted by Crippen LogP contribution is 2.46. The smallest absolute Gasteiger partial charge is 0.406 e. The number of likely N-dealkylation sites (tertiary alicyclic amines) is 2. The molecule has 2 aromatic heterocycles. The van der Waals surface area contributed by atoms with Crippen molar-refractivity contribution in [2.45, 2.75) is 161 Å². The number of aromatic nitrogens is 2. The number of esters is 1. The normalized spacial score (nSPS) is 27.3. The van der Waals surface area contributed by atoms with Crippen LogP contribution in [0.25, 0.3) is 33.3 Å². The molecule has 12 rings (SSSR count). The van der Waals surface area contributed by atoms with Gasteiger partial charge >= 0.3 is 12.1 Å². The third kappa shape index (κ3) is 11.4. The number of amides is 3. The van der Waals surface area contributed by atoms with Gasteiger partial charge in [0.05, 0.1) is 35.9 Å². The molecular formula is C62H81F3N10O5. The van der Waals surface area contributed by atoms with Crippen molar-refractivity contribution in [2.24, 2.45) is 22.7 Å². The number of benzene rings is 2. The highest BCUT2D eigenvalue weighted by molar-refractivity contribution is 5.96. The number of nitrogens with one attached hydrogen (secondary N) is 3. The Labute approximate surface area is 468 Å². The number of fused-ring (bicyclic) bond motifs is 6. The Balaban J connectivity index is 0.887. The van der Waals surface area contributed by atoms with Crippen molar-refractivity contribution in [1.29, 1.82) is 0 Å². The molecule has 2 saturated carbocycles. The summed E-state index contributed by atoms with van der Waals surface area (Å²) in [6, 6.07) is 14.0. The van der Waals surface area contributed by atoms with Crippen molar-refractivity contribution in [3.8, 4) is 22.4 Å². The molecule has 80 heavy (non-hydrogen) atoms. The lowest BCUT2D eigenvalue weighted by atomic mass is 9.83. The van der Waals surface area contributed by atoms with Crippen LogP contribution in [0.3, 0.4) is 0 Å². The maximum absolute atomic E-state index is 15.2. The summed E-state index contributed by atoms with van der Waals surface area (Å²) < 4.78 is 53.1. The molecule has 430 valence electrons. The first-order valence-corrected chi connectivity index (χ1v) is 29.8. The minimum absolute atomic E-state index is 0.0360. The molecule has 6 atom stereocenters. The summed E-state index contributed by atoms with van der Waals surface area (Å²) in [5, 5.41) is 8.80. The van der Waals surface area contributed by atoms with Crippen LogP contribution in [0.4, 0.5) is 18.9 Å². The van der Waals surface area contributed by atoms with Gasteiger partial charge < -0.3 is 24.4 Å². The number of ether oxygens (including phenoxy) is 1. The van der Waals surface area contributed by atoms with E-state index in [0.717, 1.165) is 73.5 Å². The lowest BCUT2D eigenvalue weighted by Crippen LogP contribution is -2.62. The summed E-state index contributed by atoms with van der Waals surface area (Å²) in [5.74, 6) is -0.514. The number of halogens is 3. The van der Waals surface area contributed by atoms with Gasteiger partial charge in [0, 0.05) is 98.2 Å². The van der Waals surface area contributed by atoms with Gasteiger partial charge in [-0.2, -0.15) is 13.2 Å². The number of anilines is 1. The third-order valence-electron chi connectivity index (χ3n) is 18.8. The second-order valence-electron chi connectivity index (χ2n) is 26.5. The second kappa shape index (κ2) is 21.3. The van der Waals surface area contributed by atoms with E-state index >= 15 is 13.2 Å². The van der Waals surface area contributed by atoms with E-state index in [2.05, 4.69) is 36.8 Å². The van der Waals surface area contributed by atoms with Crippen molar-refractivity contribution in [1.82, 2.24) is 45.3 Å². The molecule has 5 saturated heterocycles. The van der Waals surface area contributed by atoms with E-state index in [4.69, 9.17) is 9.72 Å². The topological polar surface area (TPSA) is 158 Å². The Bertz CT molecular complexity index is 3030. The Morgan fingerprint density at radius 3 is 2.38 bits per heavy atom. The number of alkyl halides is 3. The van der Waals surface area contributed by atoms with Crippen molar-refractivity contribution in [3.63, 3.8) is 0 Å². The highest BCUT2D eigenvalue weighted by atomic mass is 19.4. The zero-order valence-corrected chi connectivity index (χ0v) is 47.5. The predicted molar refractivity (Wildman–Crippen MR) is 301 cm³/mol. The average Bonchev–Trinajstić information content (AvgIpc) is 4.54. The summed E-state index contributed by atoms with van der Waals surface area (Å²) in [4.78, 5) is 71.9. The highest BCUT2D eigenvalue weighted by Gasteiger charge is 2.55. The van der Waals surface area contributed by atoms with Crippen LogP contribution in [0, 0.1) is 22.7 Å². The Morgan fingerprint density at radius 1 is 0.887 bits per heavy atom. The van der Waals surface area contributed by atoms with Gasteiger partial charge in [-0.25, -0.2) is 5.43 Å². The van der Waals surface area contributed by atoms with Crippen LogP contribution in [-0.2, 0) is 43.3 Å². The standard InChI is InChI=1S/C62H81F3N10O5/c1-37(2)51-46(30-44(32-66-51)71-25-23-70(24-26-71)43-15-16-43)55-47-31-60(5,6)36-80-59(79)48-11-8-20-75(69-48)57(77)49(28-39-9-7-10-41(27-39)42-14-17-50(45(47)29-42)74(55)35-62(63,64)65)67-56(76)54(38(3)4)72-21-18-61(33-72)19-22-73(34-61)58(78)53-52(68-53)40-12-13-40/h7,9-10,14,17,27,29-30,32,37-38,40,43,48-49,52-54,68-69H,8,11-13,15-16,18-26,28,31,33-36H2,1-6H3,(H,67,76)/t48-,49-,52+,53+,54-,61-/m0/s1. The van der Waals surface area contributed by atoms with Crippen molar-refractivity contribution in [3.05, 3.63) is 71.5 Å². The summed E-state index contributed by atoms with van der Waals surface area (Å²) in [5.41, 5.74) is 8.57. The molecule has 6 aliphatic heterocycles. The Kier molecular flexibility index (Phi) is 14.7. The molecule has 18 heteroatoms. The van der Waals surface area contributed by atoms with Gasteiger partial charge in [-0.15, -0.1) is 0 Å². The largest absolute Gasteiger partial charge is 0.464 e. The molecule has 6 bridgehead atoms. The van der Waals surface area contributed by atoms with Gasteiger partial charge in [-0.3, -0.25) is 44.3 Å². The average molecular weight is 1100 g/mol. The second-order valence-corrected chi connectivity index (χ2v) is 26.5. The molecule has 0 radical (unpaired) electrons. The number of cyclic esters (lactones) is 1. The molecule has 0 unspecified atom stereocenters. The van der Waals surface area contributed by atoms with Crippen molar-refractivity contribution < 1.29 is 37.1 Å². The van der Waals surface area contributed by atoms with Gasteiger partial charge in [0.1, 0.15) is 24.7 Å². The van der Waals surface area contributed by atoms with Gasteiger partial charge in [0.25, 0.3) is 5.91 Å². The number of pyridine rings is 1. The SMILES string of the molecule is CC(C)c1ncc(N2CCN(C3CC3)CC2)cc1-c1c2c3cc(ccc3n1CC(F)(F)F)-c1cccc(c1)C[C@H](NC(=O)[C@H](C(C)C)N1CC[C@]3(CCN(C(=O)[C@@H]4N[C@@H]4C4CC4)C3)C1)C(=O)N1CCC[C@H](N1)C(=O)OCC(C)(C)C2. The fraction of sp³-hybridized carbons (Fsp3) is 0.629. The number of piperazine rings is 1. The monoisotopic (exact) mass is 1100 g/mol. The van der Waals surface area contributed by atoms with E-state index in [1.54, 1.807) is 6.07 Å². The molecule has 3 N–H and O–H groups in total. The number of hydrazine groups is 1. The first-order valence-electron chi connectivity index (χ1n) is 29.8. The van der Waals surface area contributed by atoms with E-state index < -0.39 is 42.2 Å². The molecule has 4 aromatic rings. The zero-order chi connectivity index (χ0) is 56.0. The van der Waals surface area contributed by atoms with Gasteiger partial charge in [0.2, 0.25) is 11.8 Å². The maximum Gasteiger partial charge on any atom is 0.406 e. The van der Waals surface area contributed by atoms with Crippen LogP contribution in [0.1, 0.15) is 116 Å². The quantitative estimate of drug-likeness (QED) is 0.100. The van der Waals surface area contributed by atoms with Crippen LogP contribution < -0.4 is 21.0 Å². The number of rotatable bonds is 11. The van der Waals surface area contributed by atoms with Crippen LogP contribution in [-0.4, -0.2) is 161 Å². The number of hydrogen-bond donors (Lipinski definition) is 3. The Hall–Kier alpha value is -5.56. The molecule has 7 fully saturated rings. The zero-order valence-electron chi connectivity index (χ0n) is 47.5. The predicted octanol–water partition coefficient (Wildman–Crippen LogP) is 7.69. The van der Waals surface area contributed by atoms with Crippen LogP contribution >= 0.6 is 0 Å². The first kappa shape index (κ1) is 55.0. The summed E-state index contributed by atoms with van der Waals surface area (Å²) in [6.07, 6.45) is 5.28. The Morgan fingerprint density at radius 2 is 1.65 bits per heavy atom. The fourth-order valence-corrected chi connectivity index (χ4v) is 14.3. The minimum Gasteiger partial charge on any atom is -0.464 e. The first-order chi connectivity index (χ1) is 38.2. The molecule has 15 nitrogen and oxygen atoms in total. The van der Waals surface area contributed by atoms with Crippen LogP contribution in [0.15, 0.2) is 54.7 Å². The van der Waals surface area contributed by atoms with E-state index in [1.807, 2.05) is 89.0 Å². The number of nitrogens with zero attached hydrogens (tertiary/aromatic N) is 7. The number of hydrogen-bond acceptors (Lipinski definition) is 11. The molecule has 3 amide bonds. The molecule has 2 aromatic carbocycles. The molecule has 8 heterocycles. The van der Waals surface area contributed by atoms with Gasteiger partial charge in [-0.1, -0.05) is 71.9 Å². The lowest BCUT2D eigenvalue weighted by molar-refractivity contribution is -0.155. The summed E-state index contributed by atoms with van der Waals surface area (Å²) in [7, 11) is 0. The molecule has 8 aliphatic rings. The van der Waals surface area contributed by atoms with E-state index in [-0.39, 0.29) is 60.5 Å². The maximum atomic E-state index is 15.2. The van der Waals surface area contributed by atoms with E-state index in [1.165, 1.54) is 35.3 Å². The third-order valence-corrected chi connectivity index (χ3v) is 18.8. The van der Waals surface area contributed by atoms with Crippen molar-refractivity contribution >= 4 is 40.3 Å². The van der Waals surface area contributed by atoms with Crippen molar-refractivity contribution in [2.75, 3.05) is 70.4 Å². The fourth-order valence-electron chi connectivity index (χ4n) is 14.3. The number of carbonyl (C=O) groups is 4. The van der Waals surface area contributed by atoms with E-state index in [9.17, 15) is 19.2 Å². The van der Waals surface area contributed by atoms with Gasteiger partial charge in [0.15, 0.2) is 0 Å². The summed E-state index contributed by atoms with van der Waals surface area (Å²) >= 11 is 0. The minimum atomic E-state index is -4.56. The molecule has 1 spiro atoms.